The molecule has 2 fully saturated rings. The van der Waals surface area contributed by atoms with Gasteiger partial charge in [0.2, 0.25) is 0 Å². The van der Waals surface area contributed by atoms with Crippen molar-refractivity contribution >= 4 is 11.5 Å². The lowest BCUT2D eigenvalue weighted by Crippen LogP contribution is -2.54. The molecule has 94 valence electrons. The Bertz CT molecular complexity index is 513. The minimum atomic E-state index is -0.315. The third-order valence-corrected chi connectivity index (χ3v) is 4.91. The number of hydrogen-bond acceptors (Lipinski definition) is 3. The van der Waals surface area contributed by atoms with E-state index in [4.69, 9.17) is 0 Å². The summed E-state index contributed by atoms with van der Waals surface area (Å²) in [5.41, 5.74) is 1.62. The van der Waals surface area contributed by atoms with Crippen LogP contribution in [0.15, 0.2) is 24.3 Å². The van der Waals surface area contributed by atoms with Crippen molar-refractivity contribution in [3.63, 3.8) is 0 Å². The van der Waals surface area contributed by atoms with E-state index in [2.05, 4.69) is 10.2 Å². The Morgan fingerprint density at radius 1 is 1.22 bits per heavy atom. The number of carbonyl (C=O) groups excluding carboxylic acids is 1. The fourth-order valence-electron chi connectivity index (χ4n) is 4.04. The van der Waals surface area contributed by atoms with Crippen LogP contribution in [0.1, 0.15) is 36.0 Å². The number of carbonyl (C=O) groups is 1. The van der Waals surface area contributed by atoms with E-state index in [1.807, 2.05) is 24.3 Å². The fraction of sp³-hybridized carbons (Fsp3) is 0.533. The first-order valence-corrected chi connectivity index (χ1v) is 6.97. The standard InChI is InChI=1S/C15H18N2O/c18-14-11-5-1-2-6-12(11)16-15(14)8-10-17-9-4-3-7-13(15)17/h1-2,5-6,13,16H,3-4,7-10H2. The van der Waals surface area contributed by atoms with E-state index >= 15 is 0 Å². The molecule has 1 aromatic carbocycles. The van der Waals surface area contributed by atoms with Gasteiger partial charge in [-0.2, -0.15) is 0 Å². The first-order chi connectivity index (χ1) is 8.81. The summed E-state index contributed by atoms with van der Waals surface area (Å²) in [5.74, 6) is 0.326. The molecule has 0 aliphatic carbocycles. The number of ketones is 1. The van der Waals surface area contributed by atoms with Gasteiger partial charge < -0.3 is 5.32 Å². The lowest BCUT2D eigenvalue weighted by Gasteiger charge is -2.37. The van der Waals surface area contributed by atoms with E-state index in [-0.39, 0.29) is 5.54 Å². The topological polar surface area (TPSA) is 32.3 Å². The maximum absolute atomic E-state index is 12.8. The number of para-hydroxylation sites is 1. The first kappa shape index (κ1) is 10.6. The van der Waals surface area contributed by atoms with Crippen LogP contribution in [0.25, 0.3) is 0 Å². The molecule has 4 rings (SSSR count). The van der Waals surface area contributed by atoms with Gasteiger partial charge in [-0.25, -0.2) is 0 Å². The van der Waals surface area contributed by atoms with Crippen molar-refractivity contribution in [3.05, 3.63) is 29.8 Å². The molecule has 3 aliphatic rings. The SMILES string of the molecule is O=C1c2ccccc2NC12CCN1CCCCC12. The van der Waals surface area contributed by atoms with Gasteiger partial charge in [-0.05, 0) is 37.9 Å². The highest BCUT2D eigenvalue weighted by molar-refractivity contribution is 6.14. The summed E-state index contributed by atoms with van der Waals surface area (Å²) in [6, 6.07) is 8.38. The van der Waals surface area contributed by atoms with Crippen LogP contribution >= 0.6 is 0 Å². The smallest absolute Gasteiger partial charge is 0.191 e. The van der Waals surface area contributed by atoms with E-state index in [1.54, 1.807) is 0 Å². The van der Waals surface area contributed by atoms with Gasteiger partial charge in [-0.15, -0.1) is 0 Å². The van der Waals surface area contributed by atoms with Gasteiger partial charge in [0.1, 0.15) is 5.54 Å². The molecule has 0 radical (unpaired) electrons. The number of fused-ring (bicyclic) bond motifs is 3. The molecule has 1 aromatic rings. The molecule has 2 saturated heterocycles. The molecule has 1 N–H and O–H groups in total. The summed E-state index contributed by atoms with van der Waals surface area (Å²) in [6.07, 6.45) is 4.67. The molecule has 0 aromatic heterocycles. The number of rotatable bonds is 0. The zero-order valence-electron chi connectivity index (χ0n) is 10.5. The molecule has 18 heavy (non-hydrogen) atoms. The van der Waals surface area contributed by atoms with E-state index in [0.29, 0.717) is 11.8 Å². The average Bonchev–Trinajstić information content (AvgIpc) is 2.92. The third kappa shape index (κ3) is 1.20. The van der Waals surface area contributed by atoms with E-state index in [9.17, 15) is 4.79 Å². The Kier molecular flexibility index (Phi) is 2.10. The summed E-state index contributed by atoms with van der Waals surface area (Å²) < 4.78 is 0. The van der Waals surface area contributed by atoms with Gasteiger partial charge in [-0.1, -0.05) is 18.6 Å². The van der Waals surface area contributed by atoms with Crippen molar-refractivity contribution in [2.75, 3.05) is 18.4 Å². The molecule has 1 spiro atoms. The summed E-state index contributed by atoms with van der Waals surface area (Å²) >= 11 is 0. The van der Waals surface area contributed by atoms with Gasteiger partial charge >= 0.3 is 0 Å². The largest absolute Gasteiger partial charge is 0.371 e. The number of hydrogen-bond donors (Lipinski definition) is 1. The molecule has 3 heteroatoms. The number of piperidine rings is 1. The zero-order valence-corrected chi connectivity index (χ0v) is 10.5. The highest BCUT2D eigenvalue weighted by Gasteiger charge is 2.56. The monoisotopic (exact) mass is 242 g/mol. The molecular weight excluding hydrogens is 224 g/mol. The van der Waals surface area contributed by atoms with Crippen LogP contribution in [0.3, 0.4) is 0 Å². The number of Topliss-reactive ketones (excluding diaryl/α,β-unsaturated/α-hetero) is 1. The summed E-state index contributed by atoms with van der Waals surface area (Å²) in [7, 11) is 0. The number of nitrogens with zero attached hydrogens (tertiary/aromatic N) is 1. The lowest BCUT2D eigenvalue weighted by molar-refractivity contribution is 0.0849. The molecule has 2 atom stereocenters. The maximum Gasteiger partial charge on any atom is 0.191 e. The predicted molar refractivity (Wildman–Crippen MR) is 71.0 cm³/mol. The van der Waals surface area contributed by atoms with Gasteiger partial charge in [0.15, 0.2) is 5.78 Å². The first-order valence-electron chi connectivity index (χ1n) is 6.97. The maximum atomic E-state index is 12.8. The van der Waals surface area contributed by atoms with Gasteiger partial charge in [0, 0.05) is 23.8 Å². The Balaban J connectivity index is 1.76. The van der Waals surface area contributed by atoms with Crippen LogP contribution in [0.5, 0.6) is 0 Å². The predicted octanol–water partition coefficient (Wildman–Crippen LogP) is 2.29. The summed E-state index contributed by atoms with van der Waals surface area (Å²) in [5, 5.41) is 3.57. The Morgan fingerprint density at radius 3 is 3.00 bits per heavy atom. The third-order valence-electron chi connectivity index (χ3n) is 4.91. The second-order valence-electron chi connectivity index (χ2n) is 5.77. The second kappa shape index (κ2) is 3.58. The molecule has 3 heterocycles. The van der Waals surface area contributed by atoms with Gasteiger partial charge in [0.25, 0.3) is 0 Å². The number of benzene rings is 1. The Morgan fingerprint density at radius 2 is 2.11 bits per heavy atom. The van der Waals surface area contributed by atoms with Crippen LogP contribution in [0.2, 0.25) is 0 Å². The second-order valence-corrected chi connectivity index (χ2v) is 5.77. The summed E-state index contributed by atoms with van der Waals surface area (Å²) in [6.45, 7) is 2.23. The quantitative estimate of drug-likeness (QED) is 0.757. The van der Waals surface area contributed by atoms with E-state index in [1.165, 1.54) is 12.8 Å². The zero-order chi connectivity index (χ0) is 12.2. The average molecular weight is 242 g/mol. The number of nitrogens with one attached hydrogen (secondary N) is 1. The van der Waals surface area contributed by atoms with Crippen LogP contribution in [0.4, 0.5) is 5.69 Å². The molecule has 3 aliphatic heterocycles. The van der Waals surface area contributed by atoms with Crippen molar-refractivity contribution < 1.29 is 4.79 Å². The van der Waals surface area contributed by atoms with Crippen molar-refractivity contribution in [1.29, 1.82) is 0 Å². The highest BCUT2D eigenvalue weighted by atomic mass is 16.1. The van der Waals surface area contributed by atoms with Crippen molar-refractivity contribution in [3.8, 4) is 0 Å². The fourth-order valence-corrected chi connectivity index (χ4v) is 4.04. The molecule has 2 unspecified atom stereocenters. The minimum Gasteiger partial charge on any atom is -0.371 e. The molecule has 3 nitrogen and oxygen atoms in total. The van der Waals surface area contributed by atoms with Crippen LogP contribution < -0.4 is 5.32 Å². The lowest BCUT2D eigenvalue weighted by atomic mass is 9.82. The van der Waals surface area contributed by atoms with Crippen molar-refractivity contribution in [2.45, 2.75) is 37.3 Å². The highest BCUT2D eigenvalue weighted by Crippen LogP contribution is 2.44. The molecule has 0 saturated carbocycles. The van der Waals surface area contributed by atoms with Crippen molar-refractivity contribution in [1.82, 2.24) is 4.90 Å². The normalized spacial score (nSPS) is 34.4. The molecule has 0 amide bonds. The molecular formula is C15H18N2O. The van der Waals surface area contributed by atoms with Crippen LogP contribution in [-0.2, 0) is 0 Å². The Hall–Kier alpha value is -1.35. The summed E-state index contributed by atoms with van der Waals surface area (Å²) in [4.78, 5) is 15.3. The van der Waals surface area contributed by atoms with Gasteiger partial charge in [-0.3, -0.25) is 9.69 Å². The number of anilines is 1. The van der Waals surface area contributed by atoms with Crippen molar-refractivity contribution in [2.24, 2.45) is 0 Å². The van der Waals surface area contributed by atoms with E-state index < -0.39 is 0 Å². The van der Waals surface area contributed by atoms with E-state index in [0.717, 1.165) is 37.2 Å². The minimum absolute atomic E-state index is 0.315. The Labute approximate surface area is 107 Å². The molecule has 0 bridgehead atoms. The van der Waals surface area contributed by atoms with Crippen LogP contribution in [-0.4, -0.2) is 35.4 Å². The van der Waals surface area contributed by atoms with Gasteiger partial charge in [0.05, 0.1) is 0 Å². The van der Waals surface area contributed by atoms with Crippen LogP contribution in [0, 0.1) is 0 Å².